The Labute approximate surface area is 101 Å². The number of hydrogen-bond donors (Lipinski definition) is 1. The zero-order valence-electron chi connectivity index (χ0n) is 10.7. The van der Waals surface area contributed by atoms with E-state index in [9.17, 15) is 0 Å². The summed E-state index contributed by atoms with van der Waals surface area (Å²) in [5, 5.41) is 8.61. The van der Waals surface area contributed by atoms with Crippen LogP contribution in [0.5, 0.6) is 0 Å². The second-order valence-corrected chi connectivity index (χ2v) is 4.06. The van der Waals surface area contributed by atoms with Crippen molar-refractivity contribution in [3.8, 4) is 11.8 Å². The summed E-state index contributed by atoms with van der Waals surface area (Å²) in [5.41, 5.74) is 0. The number of hydrogen-bond acceptors (Lipinski definition) is 1. The summed E-state index contributed by atoms with van der Waals surface area (Å²) < 4.78 is 0. The summed E-state index contributed by atoms with van der Waals surface area (Å²) in [6.45, 7) is 2.42. The van der Waals surface area contributed by atoms with Crippen LogP contribution in [0, 0.1) is 11.8 Å². The third-order valence-electron chi connectivity index (χ3n) is 2.51. The first kappa shape index (κ1) is 15.3. The van der Waals surface area contributed by atoms with Gasteiger partial charge in [-0.1, -0.05) is 56.9 Å². The van der Waals surface area contributed by atoms with E-state index in [1.54, 1.807) is 0 Å². The van der Waals surface area contributed by atoms with Crippen LogP contribution in [0.1, 0.15) is 64.7 Å². The van der Waals surface area contributed by atoms with Crippen molar-refractivity contribution in [2.24, 2.45) is 0 Å². The molecule has 0 aliphatic heterocycles. The third kappa shape index (κ3) is 13.3. The second-order valence-electron chi connectivity index (χ2n) is 4.06. The van der Waals surface area contributed by atoms with Crippen LogP contribution in [-0.4, -0.2) is 11.7 Å². The van der Waals surface area contributed by atoms with E-state index in [4.69, 9.17) is 5.11 Å². The number of allylic oxidation sites excluding steroid dienone is 2. The van der Waals surface area contributed by atoms with Gasteiger partial charge in [-0.05, 0) is 25.3 Å². The van der Waals surface area contributed by atoms with Crippen molar-refractivity contribution >= 4 is 0 Å². The predicted octanol–water partition coefficient (Wildman–Crippen LogP) is 4.07. The highest BCUT2D eigenvalue weighted by atomic mass is 16.2. The van der Waals surface area contributed by atoms with Crippen LogP contribution >= 0.6 is 0 Å². The molecule has 0 amide bonds. The molecule has 16 heavy (non-hydrogen) atoms. The standard InChI is InChI=1S/C15H26O/c1-2-3-4-5-6-7-8-9-10-11-12-13-14-15-16/h5-6,16H,2,7-15H2,1H3. The van der Waals surface area contributed by atoms with E-state index in [0.29, 0.717) is 6.61 Å². The molecular formula is C15H26O. The van der Waals surface area contributed by atoms with Crippen LogP contribution in [0.3, 0.4) is 0 Å². The largest absolute Gasteiger partial charge is 0.396 e. The number of unbranched alkanes of at least 4 members (excludes halogenated alkanes) is 7. The first-order valence-electron chi connectivity index (χ1n) is 6.66. The van der Waals surface area contributed by atoms with E-state index in [1.807, 2.05) is 6.08 Å². The lowest BCUT2D eigenvalue weighted by atomic mass is 10.1. The minimum absolute atomic E-state index is 0.351. The van der Waals surface area contributed by atoms with Crippen LogP contribution in [0.15, 0.2) is 12.2 Å². The zero-order valence-corrected chi connectivity index (χ0v) is 10.7. The lowest BCUT2D eigenvalue weighted by Gasteiger charge is -1.99. The molecule has 1 N–H and O–H groups in total. The molecule has 0 aliphatic carbocycles. The Kier molecular flexibility index (Phi) is 13.6. The summed E-state index contributed by atoms with van der Waals surface area (Å²) in [6, 6.07) is 0. The molecule has 0 fully saturated rings. The van der Waals surface area contributed by atoms with E-state index in [-0.39, 0.29) is 0 Å². The van der Waals surface area contributed by atoms with Crippen LogP contribution < -0.4 is 0 Å². The first-order valence-corrected chi connectivity index (χ1v) is 6.66. The van der Waals surface area contributed by atoms with Gasteiger partial charge in [-0.3, -0.25) is 0 Å². The summed E-state index contributed by atoms with van der Waals surface area (Å²) in [5.74, 6) is 6.03. The monoisotopic (exact) mass is 222 g/mol. The summed E-state index contributed by atoms with van der Waals surface area (Å²) in [6.07, 6.45) is 14.9. The molecule has 0 saturated heterocycles. The topological polar surface area (TPSA) is 20.2 Å². The molecule has 0 radical (unpaired) electrons. The molecule has 0 aliphatic rings. The minimum Gasteiger partial charge on any atom is -0.396 e. The Balaban J connectivity index is 3.06. The molecule has 1 heteroatoms. The summed E-state index contributed by atoms with van der Waals surface area (Å²) in [7, 11) is 0. The smallest absolute Gasteiger partial charge is 0.0431 e. The first-order chi connectivity index (χ1) is 7.91. The number of rotatable bonds is 9. The Hall–Kier alpha value is -0.740. The molecule has 0 saturated carbocycles. The predicted molar refractivity (Wildman–Crippen MR) is 71.2 cm³/mol. The van der Waals surface area contributed by atoms with Gasteiger partial charge in [-0.2, -0.15) is 0 Å². The highest BCUT2D eigenvalue weighted by molar-refractivity contribution is 5.14. The Morgan fingerprint density at radius 1 is 0.938 bits per heavy atom. The normalized spacial score (nSPS) is 10.4. The lowest BCUT2D eigenvalue weighted by Crippen LogP contribution is -1.83. The molecule has 0 aromatic heterocycles. The Bertz CT molecular complexity index is 207. The van der Waals surface area contributed by atoms with Gasteiger partial charge < -0.3 is 5.11 Å². The number of aliphatic hydroxyl groups is 1. The van der Waals surface area contributed by atoms with Gasteiger partial charge in [-0.15, -0.1) is 0 Å². The fourth-order valence-electron chi connectivity index (χ4n) is 1.56. The summed E-state index contributed by atoms with van der Waals surface area (Å²) >= 11 is 0. The fourth-order valence-corrected chi connectivity index (χ4v) is 1.56. The van der Waals surface area contributed by atoms with Gasteiger partial charge in [0.25, 0.3) is 0 Å². The Morgan fingerprint density at radius 2 is 1.56 bits per heavy atom. The van der Waals surface area contributed by atoms with Crippen molar-refractivity contribution in [2.45, 2.75) is 64.7 Å². The quantitative estimate of drug-likeness (QED) is 0.460. The molecular weight excluding hydrogens is 196 g/mol. The fraction of sp³-hybridized carbons (Fsp3) is 0.733. The molecule has 0 aromatic carbocycles. The average molecular weight is 222 g/mol. The van der Waals surface area contributed by atoms with E-state index in [0.717, 1.165) is 19.3 Å². The van der Waals surface area contributed by atoms with Crippen molar-refractivity contribution in [2.75, 3.05) is 6.61 Å². The molecule has 1 nitrogen and oxygen atoms in total. The summed E-state index contributed by atoms with van der Waals surface area (Å²) in [4.78, 5) is 0. The van der Waals surface area contributed by atoms with Gasteiger partial charge in [0.15, 0.2) is 0 Å². The van der Waals surface area contributed by atoms with Gasteiger partial charge >= 0.3 is 0 Å². The van der Waals surface area contributed by atoms with Crippen molar-refractivity contribution in [3.63, 3.8) is 0 Å². The van der Waals surface area contributed by atoms with Crippen LogP contribution in [0.2, 0.25) is 0 Å². The second kappa shape index (κ2) is 14.3. The highest BCUT2D eigenvalue weighted by Crippen LogP contribution is 2.08. The average Bonchev–Trinajstić information content (AvgIpc) is 2.31. The van der Waals surface area contributed by atoms with E-state index in [1.165, 1.54) is 38.5 Å². The Morgan fingerprint density at radius 3 is 2.19 bits per heavy atom. The molecule has 0 unspecified atom stereocenters. The van der Waals surface area contributed by atoms with Crippen LogP contribution in [0.4, 0.5) is 0 Å². The van der Waals surface area contributed by atoms with Crippen molar-refractivity contribution in [1.82, 2.24) is 0 Å². The minimum atomic E-state index is 0.351. The molecule has 0 bridgehead atoms. The SMILES string of the molecule is CCC#CC=CCCCCCCCCCO. The molecule has 0 aromatic rings. The molecule has 0 heterocycles. The zero-order chi connectivity index (χ0) is 11.9. The van der Waals surface area contributed by atoms with Gasteiger partial charge in [-0.25, -0.2) is 0 Å². The van der Waals surface area contributed by atoms with Gasteiger partial charge in [0.05, 0.1) is 0 Å². The van der Waals surface area contributed by atoms with Crippen LogP contribution in [0.25, 0.3) is 0 Å². The highest BCUT2D eigenvalue weighted by Gasteiger charge is 1.90. The van der Waals surface area contributed by atoms with Gasteiger partial charge in [0.1, 0.15) is 0 Å². The molecule has 0 spiro atoms. The van der Waals surface area contributed by atoms with Crippen LogP contribution in [-0.2, 0) is 0 Å². The number of aliphatic hydroxyl groups excluding tert-OH is 1. The maximum atomic E-state index is 8.61. The molecule has 92 valence electrons. The van der Waals surface area contributed by atoms with Crippen molar-refractivity contribution < 1.29 is 5.11 Å². The molecule has 0 rings (SSSR count). The van der Waals surface area contributed by atoms with Crippen molar-refractivity contribution in [1.29, 1.82) is 0 Å². The van der Waals surface area contributed by atoms with E-state index in [2.05, 4.69) is 24.8 Å². The van der Waals surface area contributed by atoms with Gasteiger partial charge in [0.2, 0.25) is 0 Å². The maximum absolute atomic E-state index is 8.61. The molecule has 0 atom stereocenters. The van der Waals surface area contributed by atoms with E-state index < -0.39 is 0 Å². The maximum Gasteiger partial charge on any atom is 0.0431 e. The van der Waals surface area contributed by atoms with E-state index >= 15 is 0 Å². The lowest BCUT2D eigenvalue weighted by molar-refractivity contribution is 0.282. The van der Waals surface area contributed by atoms with Crippen molar-refractivity contribution in [3.05, 3.63) is 12.2 Å². The third-order valence-corrected chi connectivity index (χ3v) is 2.51. The van der Waals surface area contributed by atoms with Gasteiger partial charge in [0, 0.05) is 13.0 Å².